The molecule has 90 valence electrons. The molecule has 0 spiro atoms. The lowest BCUT2D eigenvalue weighted by Gasteiger charge is -2.23. The summed E-state index contributed by atoms with van der Waals surface area (Å²) in [6.45, 7) is 0.465. The van der Waals surface area contributed by atoms with Crippen LogP contribution in [0.2, 0.25) is 0 Å². The molecule has 0 radical (unpaired) electrons. The third-order valence-corrected chi connectivity index (χ3v) is 3.87. The predicted molar refractivity (Wildman–Crippen MR) is 67.5 cm³/mol. The quantitative estimate of drug-likeness (QED) is 0.798. The van der Waals surface area contributed by atoms with Gasteiger partial charge in [-0.15, -0.1) is 11.3 Å². The van der Waals surface area contributed by atoms with Crippen molar-refractivity contribution in [2.75, 3.05) is 6.61 Å². The smallest absolute Gasteiger partial charge is 0.223 e. The molecule has 1 heterocycles. The van der Waals surface area contributed by atoms with Crippen LogP contribution in [-0.4, -0.2) is 17.6 Å². The largest absolute Gasteiger partial charge is 0.384 e. The van der Waals surface area contributed by atoms with Crippen molar-refractivity contribution in [3.05, 3.63) is 21.9 Å². The number of carbonyl (C=O) groups excluding carboxylic acids is 1. The molecule has 0 atom stereocenters. The first-order chi connectivity index (χ1) is 8.29. The minimum atomic E-state index is -0.119. The van der Waals surface area contributed by atoms with Crippen LogP contribution in [0.5, 0.6) is 0 Å². The van der Waals surface area contributed by atoms with E-state index in [0.29, 0.717) is 6.54 Å². The van der Waals surface area contributed by atoms with Crippen molar-refractivity contribution in [3.63, 3.8) is 0 Å². The van der Waals surface area contributed by atoms with E-state index in [0.717, 1.165) is 22.6 Å². The normalized spacial score (nSPS) is 14.6. The molecule has 3 nitrogen and oxygen atoms in total. The van der Waals surface area contributed by atoms with Crippen molar-refractivity contribution in [3.8, 4) is 11.8 Å². The van der Waals surface area contributed by atoms with Gasteiger partial charge in [0.05, 0.1) is 11.4 Å². The van der Waals surface area contributed by atoms with Crippen LogP contribution in [0.1, 0.15) is 29.0 Å². The number of amides is 1. The summed E-state index contributed by atoms with van der Waals surface area (Å²) in [7, 11) is 0. The average molecular weight is 249 g/mol. The second kappa shape index (κ2) is 5.85. The highest BCUT2D eigenvalue weighted by atomic mass is 32.1. The third kappa shape index (κ3) is 3.32. The summed E-state index contributed by atoms with van der Waals surface area (Å²) in [5.41, 5.74) is 0. The molecule has 0 aromatic carbocycles. The van der Waals surface area contributed by atoms with Crippen molar-refractivity contribution >= 4 is 17.2 Å². The van der Waals surface area contributed by atoms with Crippen LogP contribution in [0, 0.1) is 17.8 Å². The Bertz CT molecular complexity index is 451. The number of carbonyl (C=O) groups is 1. The summed E-state index contributed by atoms with van der Waals surface area (Å²) in [6.07, 6.45) is 3.24. The SMILES string of the molecule is O=C(NCc1ccc(C#CCO)s1)C1CCC1. The number of hydrogen-bond donors (Lipinski definition) is 2. The highest BCUT2D eigenvalue weighted by molar-refractivity contribution is 7.12. The van der Waals surface area contributed by atoms with Gasteiger partial charge in [-0.1, -0.05) is 18.3 Å². The van der Waals surface area contributed by atoms with Crippen LogP contribution in [0.3, 0.4) is 0 Å². The number of nitrogens with one attached hydrogen (secondary N) is 1. The molecule has 1 saturated carbocycles. The topological polar surface area (TPSA) is 49.3 Å². The molecular weight excluding hydrogens is 234 g/mol. The maximum atomic E-state index is 11.6. The van der Waals surface area contributed by atoms with Crippen molar-refractivity contribution < 1.29 is 9.90 Å². The Morgan fingerprint density at radius 1 is 1.53 bits per heavy atom. The predicted octanol–water partition coefficient (Wildman–Crippen LogP) is 1.51. The van der Waals surface area contributed by atoms with Crippen molar-refractivity contribution in [2.45, 2.75) is 25.8 Å². The van der Waals surface area contributed by atoms with E-state index in [1.165, 1.54) is 6.42 Å². The van der Waals surface area contributed by atoms with Gasteiger partial charge in [0.15, 0.2) is 0 Å². The number of aliphatic hydroxyl groups excluding tert-OH is 1. The fourth-order valence-corrected chi connectivity index (χ4v) is 2.48. The maximum Gasteiger partial charge on any atom is 0.223 e. The monoisotopic (exact) mass is 249 g/mol. The van der Waals surface area contributed by atoms with Gasteiger partial charge in [0.25, 0.3) is 0 Å². The minimum Gasteiger partial charge on any atom is -0.384 e. The minimum absolute atomic E-state index is 0.119. The third-order valence-electron chi connectivity index (χ3n) is 2.87. The van der Waals surface area contributed by atoms with E-state index in [9.17, 15) is 4.79 Å². The fraction of sp³-hybridized carbons (Fsp3) is 0.462. The van der Waals surface area contributed by atoms with Gasteiger partial charge in [-0.25, -0.2) is 0 Å². The molecule has 0 bridgehead atoms. The van der Waals surface area contributed by atoms with Gasteiger partial charge in [-0.3, -0.25) is 4.79 Å². The Labute approximate surface area is 105 Å². The molecule has 0 aliphatic heterocycles. The van der Waals surface area contributed by atoms with Gasteiger partial charge in [-0.2, -0.15) is 0 Å². The zero-order chi connectivity index (χ0) is 12.1. The maximum absolute atomic E-state index is 11.6. The Morgan fingerprint density at radius 3 is 3.00 bits per heavy atom. The van der Waals surface area contributed by atoms with Crippen LogP contribution in [0.25, 0.3) is 0 Å². The summed E-state index contributed by atoms with van der Waals surface area (Å²) in [5.74, 6) is 5.87. The van der Waals surface area contributed by atoms with Gasteiger partial charge in [0, 0.05) is 10.8 Å². The van der Waals surface area contributed by atoms with Crippen LogP contribution in [0.15, 0.2) is 12.1 Å². The van der Waals surface area contributed by atoms with Crippen molar-refractivity contribution in [1.82, 2.24) is 5.32 Å². The second-order valence-corrected chi connectivity index (χ2v) is 5.24. The molecular formula is C13H15NO2S. The lowest BCUT2D eigenvalue weighted by atomic mass is 9.85. The summed E-state index contributed by atoms with van der Waals surface area (Å²) in [5, 5.41) is 11.5. The van der Waals surface area contributed by atoms with E-state index < -0.39 is 0 Å². The lowest BCUT2D eigenvalue weighted by Crippen LogP contribution is -2.33. The van der Waals surface area contributed by atoms with Gasteiger partial charge in [-0.05, 0) is 25.0 Å². The summed E-state index contributed by atoms with van der Waals surface area (Å²) in [4.78, 5) is 13.6. The van der Waals surface area contributed by atoms with Crippen molar-refractivity contribution in [2.24, 2.45) is 5.92 Å². The standard InChI is InChI=1S/C13H15NO2S/c15-8-2-5-11-6-7-12(17-11)9-14-13(16)10-3-1-4-10/h6-7,10,15H,1,3-4,8-9H2,(H,14,16). The second-order valence-electron chi connectivity index (χ2n) is 4.07. The molecule has 4 heteroatoms. The number of hydrogen-bond acceptors (Lipinski definition) is 3. The van der Waals surface area contributed by atoms with Gasteiger partial charge < -0.3 is 10.4 Å². The highest BCUT2D eigenvalue weighted by Gasteiger charge is 2.24. The molecule has 1 aliphatic rings. The summed E-state index contributed by atoms with van der Waals surface area (Å²) < 4.78 is 0. The van der Waals surface area contributed by atoms with Gasteiger partial charge in [0.1, 0.15) is 6.61 Å². The van der Waals surface area contributed by atoms with Crippen LogP contribution in [0.4, 0.5) is 0 Å². The van der Waals surface area contributed by atoms with E-state index in [1.807, 2.05) is 12.1 Å². The van der Waals surface area contributed by atoms with E-state index in [1.54, 1.807) is 11.3 Å². The Kier molecular flexibility index (Phi) is 4.18. The Morgan fingerprint density at radius 2 is 2.35 bits per heavy atom. The van der Waals surface area contributed by atoms with E-state index in [-0.39, 0.29) is 18.4 Å². The fourth-order valence-electron chi connectivity index (χ4n) is 1.66. The van der Waals surface area contributed by atoms with Gasteiger partial charge >= 0.3 is 0 Å². The van der Waals surface area contributed by atoms with Crippen LogP contribution < -0.4 is 5.32 Å². The van der Waals surface area contributed by atoms with Crippen molar-refractivity contribution in [1.29, 1.82) is 0 Å². The molecule has 1 aliphatic carbocycles. The Balaban J connectivity index is 1.82. The first-order valence-electron chi connectivity index (χ1n) is 5.76. The molecule has 2 rings (SSSR count). The van der Waals surface area contributed by atoms with E-state index in [4.69, 9.17) is 5.11 Å². The molecule has 0 unspecified atom stereocenters. The molecule has 1 amide bonds. The van der Waals surface area contributed by atoms with E-state index in [2.05, 4.69) is 17.2 Å². The average Bonchev–Trinajstić information content (AvgIpc) is 2.69. The molecule has 1 aromatic heterocycles. The number of thiophene rings is 1. The number of aliphatic hydroxyl groups is 1. The summed E-state index contributed by atoms with van der Waals surface area (Å²) in [6, 6.07) is 3.88. The van der Waals surface area contributed by atoms with Crippen LogP contribution >= 0.6 is 11.3 Å². The van der Waals surface area contributed by atoms with Crippen LogP contribution in [-0.2, 0) is 11.3 Å². The lowest BCUT2D eigenvalue weighted by molar-refractivity contribution is -0.127. The zero-order valence-electron chi connectivity index (χ0n) is 9.53. The Hall–Kier alpha value is -1.31. The molecule has 0 saturated heterocycles. The first-order valence-corrected chi connectivity index (χ1v) is 6.57. The first kappa shape index (κ1) is 12.2. The molecule has 17 heavy (non-hydrogen) atoms. The summed E-state index contributed by atoms with van der Waals surface area (Å²) >= 11 is 1.55. The van der Waals surface area contributed by atoms with Gasteiger partial charge in [0.2, 0.25) is 5.91 Å². The molecule has 1 aromatic rings. The highest BCUT2D eigenvalue weighted by Crippen LogP contribution is 2.26. The number of rotatable bonds is 3. The zero-order valence-corrected chi connectivity index (χ0v) is 10.3. The molecule has 2 N–H and O–H groups in total. The molecule has 1 fully saturated rings. The van der Waals surface area contributed by atoms with E-state index >= 15 is 0 Å².